The van der Waals surface area contributed by atoms with Crippen LogP contribution in [0.4, 0.5) is 14.9 Å². The van der Waals surface area contributed by atoms with Gasteiger partial charge in [-0.1, -0.05) is 26.0 Å². The minimum atomic E-state index is -0.626. The first-order valence-electron chi connectivity index (χ1n) is 7.04. The molecule has 0 aromatic heterocycles. The molecule has 1 atom stereocenters. The highest BCUT2D eigenvalue weighted by Crippen LogP contribution is 2.15. The van der Waals surface area contributed by atoms with Gasteiger partial charge >= 0.3 is 6.03 Å². The smallest absolute Gasteiger partial charge is 0.325 e. The number of rotatable bonds is 5. The molecule has 0 aliphatic carbocycles. The van der Waals surface area contributed by atoms with E-state index in [-0.39, 0.29) is 11.6 Å². The molecular weight excluding hydrogens is 289 g/mol. The topological polar surface area (TPSA) is 78.5 Å². The van der Waals surface area contributed by atoms with Crippen molar-refractivity contribution in [2.45, 2.75) is 26.3 Å². The molecule has 2 rings (SSSR count). The highest BCUT2D eigenvalue weighted by atomic mass is 19.1. The molecule has 0 spiro atoms. The van der Waals surface area contributed by atoms with Gasteiger partial charge in [-0.3, -0.25) is 14.5 Å². The van der Waals surface area contributed by atoms with Crippen LogP contribution in [0.15, 0.2) is 24.3 Å². The zero-order chi connectivity index (χ0) is 16.3. The number of nitrogens with zero attached hydrogens (tertiary/aromatic N) is 1. The van der Waals surface area contributed by atoms with E-state index in [0.717, 1.165) is 4.90 Å². The third-order valence-corrected chi connectivity index (χ3v) is 3.26. The number of amides is 4. The molecule has 4 amide bonds. The summed E-state index contributed by atoms with van der Waals surface area (Å²) in [4.78, 5) is 36.6. The second-order valence-corrected chi connectivity index (χ2v) is 5.58. The molecule has 0 unspecified atom stereocenters. The lowest BCUT2D eigenvalue weighted by Crippen LogP contribution is -2.38. The number of hydrogen-bond acceptors (Lipinski definition) is 3. The van der Waals surface area contributed by atoms with Crippen LogP contribution in [0.2, 0.25) is 0 Å². The fourth-order valence-electron chi connectivity index (χ4n) is 2.25. The van der Waals surface area contributed by atoms with E-state index >= 15 is 0 Å². The number of hydrogen-bond donors (Lipinski definition) is 2. The Labute approximate surface area is 127 Å². The summed E-state index contributed by atoms with van der Waals surface area (Å²) >= 11 is 0. The fraction of sp³-hybridized carbons (Fsp3) is 0.400. The molecule has 1 aliphatic rings. The lowest BCUT2D eigenvalue weighted by Gasteiger charge is -2.14. The van der Waals surface area contributed by atoms with Crippen LogP contribution in [-0.2, 0) is 9.59 Å². The monoisotopic (exact) mass is 307 g/mol. The van der Waals surface area contributed by atoms with E-state index < -0.39 is 36.2 Å². The summed E-state index contributed by atoms with van der Waals surface area (Å²) in [5, 5.41) is 4.90. The van der Waals surface area contributed by atoms with Gasteiger partial charge in [0.25, 0.3) is 5.91 Å². The Kier molecular flexibility index (Phi) is 4.75. The van der Waals surface area contributed by atoms with Crippen molar-refractivity contribution in [3.63, 3.8) is 0 Å². The van der Waals surface area contributed by atoms with Gasteiger partial charge in [0.2, 0.25) is 5.91 Å². The van der Waals surface area contributed by atoms with Crippen LogP contribution in [0.1, 0.15) is 20.3 Å². The van der Waals surface area contributed by atoms with Crippen LogP contribution in [0.5, 0.6) is 0 Å². The quantitative estimate of drug-likeness (QED) is 0.813. The number of halogens is 1. The van der Waals surface area contributed by atoms with Gasteiger partial charge in [0.15, 0.2) is 0 Å². The summed E-state index contributed by atoms with van der Waals surface area (Å²) in [5.74, 6) is -1.40. The highest BCUT2D eigenvalue weighted by molar-refractivity contribution is 6.07. The maximum absolute atomic E-state index is 13.4. The van der Waals surface area contributed by atoms with Gasteiger partial charge in [-0.2, -0.15) is 0 Å². The highest BCUT2D eigenvalue weighted by Gasteiger charge is 2.39. The molecule has 1 aromatic carbocycles. The zero-order valence-electron chi connectivity index (χ0n) is 12.4. The third kappa shape index (κ3) is 3.60. The van der Waals surface area contributed by atoms with E-state index in [1.54, 1.807) is 6.07 Å². The van der Waals surface area contributed by atoms with Crippen molar-refractivity contribution in [2.24, 2.45) is 5.92 Å². The molecular formula is C15H18FN3O3. The number of imide groups is 1. The molecule has 1 saturated heterocycles. The van der Waals surface area contributed by atoms with Crippen molar-refractivity contribution in [1.29, 1.82) is 0 Å². The van der Waals surface area contributed by atoms with Crippen LogP contribution < -0.4 is 10.6 Å². The molecule has 1 aliphatic heterocycles. The Hall–Kier alpha value is -2.44. The first-order valence-corrected chi connectivity index (χ1v) is 7.04. The van der Waals surface area contributed by atoms with Gasteiger partial charge < -0.3 is 10.6 Å². The average molecular weight is 307 g/mol. The Morgan fingerprint density at radius 2 is 2.05 bits per heavy atom. The van der Waals surface area contributed by atoms with E-state index in [9.17, 15) is 18.8 Å². The van der Waals surface area contributed by atoms with Crippen LogP contribution in [0.25, 0.3) is 0 Å². The Morgan fingerprint density at radius 3 is 2.68 bits per heavy atom. The molecule has 6 nitrogen and oxygen atoms in total. The lowest BCUT2D eigenvalue weighted by atomic mass is 10.0. The Bertz CT molecular complexity index is 603. The Morgan fingerprint density at radius 1 is 1.36 bits per heavy atom. The molecule has 0 bridgehead atoms. The lowest BCUT2D eigenvalue weighted by molar-refractivity contribution is -0.131. The first-order chi connectivity index (χ1) is 10.4. The van der Waals surface area contributed by atoms with Gasteiger partial charge in [0.05, 0.1) is 5.69 Å². The predicted octanol–water partition coefficient (Wildman–Crippen LogP) is 1.73. The van der Waals surface area contributed by atoms with Crippen molar-refractivity contribution in [2.75, 3.05) is 11.9 Å². The molecule has 1 heterocycles. The van der Waals surface area contributed by atoms with E-state index in [0.29, 0.717) is 6.42 Å². The standard InChI is InChI=1S/C15H18FN3O3/c1-9(2)7-12-14(21)19(15(22)18-12)8-13(20)17-11-6-4-3-5-10(11)16/h3-6,9,12H,7-8H2,1-2H3,(H,17,20)(H,18,22)/t12-/m1/s1. The SMILES string of the molecule is CC(C)C[C@H]1NC(=O)N(CC(=O)Nc2ccccc2F)C1=O. The number of nitrogens with one attached hydrogen (secondary N) is 2. The molecule has 1 fully saturated rings. The minimum Gasteiger partial charge on any atom is -0.326 e. The average Bonchev–Trinajstić information content (AvgIpc) is 2.68. The third-order valence-electron chi connectivity index (χ3n) is 3.26. The van der Waals surface area contributed by atoms with E-state index in [2.05, 4.69) is 10.6 Å². The van der Waals surface area contributed by atoms with Gasteiger partial charge in [-0.05, 0) is 24.5 Å². The number of anilines is 1. The van der Waals surface area contributed by atoms with Crippen molar-refractivity contribution in [3.8, 4) is 0 Å². The van der Waals surface area contributed by atoms with Gasteiger partial charge in [-0.25, -0.2) is 9.18 Å². The molecule has 2 N–H and O–H groups in total. The van der Waals surface area contributed by atoms with E-state index in [1.807, 2.05) is 13.8 Å². The maximum Gasteiger partial charge on any atom is 0.325 e. The van der Waals surface area contributed by atoms with E-state index in [4.69, 9.17) is 0 Å². The molecule has 0 radical (unpaired) electrons. The number of benzene rings is 1. The van der Waals surface area contributed by atoms with Crippen LogP contribution >= 0.6 is 0 Å². The summed E-state index contributed by atoms with van der Waals surface area (Å²) in [7, 11) is 0. The summed E-state index contributed by atoms with van der Waals surface area (Å²) in [6.45, 7) is 3.44. The zero-order valence-corrected chi connectivity index (χ0v) is 12.4. The molecule has 1 aromatic rings. The summed E-state index contributed by atoms with van der Waals surface area (Å²) < 4.78 is 13.4. The predicted molar refractivity (Wildman–Crippen MR) is 78.5 cm³/mol. The van der Waals surface area contributed by atoms with Gasteiger partial charge in [0.1, 0.15) is 18.4 Å². The van der Waals surface area contributed by atoms with Gasteiger partial charge in [-0.15, -0.1) is 0 Å². The first kappa shape index (κ1) is 15.9. The number of carbonyl (C=O) groups excluding carboxylic acids is 3. The van der Waals surface area contributed by atoms with E-state index in [1.165, 1.54) is 18.2 Å². The second kappa shape index (κ2) is 6.55. The van der Waals surface area contributed by atoms with Crippen LogP contribution in [0.3, 0.4) is 0 Å². The summed E-state index contributed by atoms with van der Waals surface area (Å²) in [5.41, 5.74) is 0.0123. The van der Waals surface area contributed by atoms with Crippen molar-refractivity contribution < 1.29 is 18.8 Å². The maximum atomic E-state index is 13.4. The number of carbonyl (C=O) groups is 3. The molecule has 0 saturated carbocycles. The minimum absolute atomic E-state index is 0.0123. The van der Waals surface area contributed by atoms with Crippen molar-refractivity contribution in [1.82, 2.24) is 10.2 Å². The van der Waals surface area contributed by atoms with Crippen LogP contribution in [0, 0.1) is 11.7 Å². The number of para-hydroxylation sites is 1. The number of urea groups is 1. The second-order valence-electron chi connectivity index (χ2n) is 5.58. The van der Waals surface area contributed by atoms with Gasteiger partial charge in [0, 0.05) is 0 Å². The largest absolute Gasteiger partial charge is 0.326 e. The summed E-state index contributed by atoms with van der Waals surface area (Å²) in [6, 6.07) is 4.49. The normalized spacial score (nSPS) is 17.8. The Balaban J connectivity index is 1.98. The van der Waals surface area contributed by atoms with Crippen LogP contribution in [-0.4, -0.2) is 35.3 Å². The molecule has 22 heavy (non-hydrogen) atoms. The molecule has 7 heteroatoms. The van der Waals surface area contributed by atoms with Crippen molar-refractivity contribution in [3.05, 3.63) is 30.1 Å². The van der Waals surface area contributed by atoms with Crippen molar-refractivity contribution >= 4 is 23.5 Å². The fourth-order valence-corrected chi connectivity index (χ4v) is 2.25. The molecule has 118 valence electrons. The summed E-state index contributed by atoms with van der Waals surface area (Å²) in [6.07, 6.45) is 0.510.